The quantitative estimate of drug-likeness (QED) is 0.126. The van der Waals surface area contributed by atoms with E-state index in [1.54, 1.807) is 0 Å². The van der Waals surface area contributed by atoms with E-state index < -0.39 is 16.1 Å². The van der Waals surface area contributed by atoms with Crippen molar-refractivity contribution in [3.05, 3.63) is 47.5 Å². The second-order valence-corrected chi connectivity index (χ2v) is 25.4. The lowest BCUT2D eigenvalue weighted by atomic mass is 9.94. The first-order chi connectivity index (χ1) is 19.3. The van der Waals surface area contributed by atoms with Gasteiger partial charge in [0.25, 0.3) is 0 Å². The van der Waals surface area contributed by atoms with Crippen LogP contribution in [0, 0.1) is 22.9 Å². The highest BCUT2D eigenvalue weighted by atomic mass is 32.1. The van der Waals surface area contributed by atoms with E-state index in [1.165, 1.54) is 22.5 Å². The van der Waals surface area contributed by atoms with E-state index >= 15 is 0 Å². The van der Waals surface area contributed by atoms with Gasteiger partial charge >= 0.3 is 0 Å². The molecule has 2 nitrogen and oxygen atoms in total. The van der Waals surface area contributed by atoms with E-state index in [2.05, 4.69) is 142 Å². The molecule has 0 saturated carbocycles. The first-order valence-electron chi connectivity index (χ1n) is 15.5. The molecule has 0 amide bonds. The molecule has 3 aromatic carbocycles. The molecule has 4 rings (SSSR count). The van der Waals surface area contributed by atoms with Crippen LogP contribution in [0.3, 0.4) is 0 Å². The first-order valence-corrected chi connectivity index (χ1v) is 20.6. The summed E-state index contributed by atoms with van der Waals surface area (Å²) in [4.78, 5) is 0. The monoisotopic (exact) mass is 596 g/mol. The molecular weight excluding hydrogens is 549 g/mol. The molecule has 41 heavy (non-hydrogen) atoms. The van der Waals surface area contributed by atoms with Crippen LogP contribution in [0.5, 0.6) is 0 Å². The molecule has 216 valence electrons. The topological polar surface area (TPSA) is 25.8 Å². The number of benzene rings is 3. The van der Waals surface area contributed by atoms with Crippen LogP contribution >= 0.6 is 11.7 Å². The maximum Gasteiger partial charge on any atom is 0.146 e. The van der Waals surface area contributed by atoms with Crippen molar-refractivity contribution >= 4 is 60.5 Å². The molecule has 0 unspecified atom stereocenters. The van der Waals surface area contributed by atoms with E-state index in [1.807, 2.05) is 0 Å². The predicted molar refractivity (Wildman–Crippen MR) is 188 cm³/mol. The smallest absolute Gasteiger partial charge is 0.146 e. The highest BCUT2D eigenvalue weighted by Crippen LogP contribution is 2.43. The van der Waals surface area contributed by atoms with E-state index in [4.69, 9.17) is 8.75 Å². The van der Waals surface area contributed by atoms with Crippen molar-refractivity contribution in [1.29, 1.82) is 0 Å². The summed E-state index contributed by atoms with van der Waals surface area (Å²) < 4.78 is 9.76. The minimum atomic E-state index is -1.94. The lowest BCUT2D eigenvalue weighted by molar-refractivity contribution is 0.838. The van der Waals surface area contributed by atoms with Crippen molar-refractivity contribution in [1.82, 2.24) is 8.75 Å². The van der Waals surface area contributed by atoms with Gasteiger partial charge in [-0.15, -0.1) is 11.1 Å². The molecule has 0 saturated heterocycles. The summed E-state index contributed by atoms with van der Waals surface area (Å²) in [5, 5.41) is 4.76. The van der Waals surface area contributed by atoms with Crippen molar-refractivity contribution in [2.75, 3.05) is 0 Å². The lowest BCUT2D eigenvalue weighted by Gasteiger charge is -2.38. The van der Waals surface area contributed by atoms with E-state index in [-0.39, 0.29) is 0 Å². The Balaban J connectivity index is 2.15. The van der Waals surface area contributed by atoms with Crippen LogP contribution in [0.25, 0.3) is 32.6 Å². The van der Waals surface area contributed by atoms with Gasteiger partial charge in [-0.1, -0.05) is 119 Å². The van der Waals surface area contributed by atoms with Crippen molar-refractivity contribution in [3.8, 4) is 22.9 Å². The fourth-order valence-corrected chi connectivity index (χ4v) is 18.9. The highest BCUT2D eigenvalue weighted by molar-refractivity contribution is 7.00. The fourth-order valence-electron chi connectivity index (χ4n) is 7.89. The van der Waals surface area contributed by atoms with Gasteiger partial charge in [0.1, 0.15) is 27.2 Å². The zero-order valence-electron chi connectivity index (χ0n) is 27.2. The molecule has 0 aliphatic heterocycles. The Bertz CT molecular complexity index is 1520. The summed E-state index contributed by atoms with van der Waals surface area (Å²) in [5.41, 5.74) is 15.3. The summed E-state index contributed by atoms with van der Waals surface area (Å²) in [6, 6.07) is 13.3. The van der Waals surface area contributed by atoms with Gasteiger partial charge in [0, 0.05) is 10.8 Å². The van der Waals surface area contributed by atoms with E-state index in [0.717, 1.165) is 32.9 Å². The first kappa shape index (κ1) is 31.5. The molecule has 0 radical (unpaired) electrons. The molecule has 0 fully saturated rings. The molecule has 0 bridgehead atoms. The summed E-state index contributed by atoms with van der Waals surface area (Å²) in [6.07, 6.45) is 0. The minimum Gasteiger partial charge on any atom is -0.172 e. The Hall–Kier alpha value is -2.45. The minimum absolute atomic E-state index is 0.567. The van der Waals surface area contributed by atoms with Gasteiger partial charge < -0.3 is 0 Å². The Morgan fingerprint density at radius 1 is 0.537 bits per heavy atom. The number of hydrogen-bond donors (Lipinski definition) is 0. The van der Waals surface area contributed by atoms with Gasteiger partial charge in [0.05, 0.1) is 22.9 Å². The summed E-state index contributed by atoms with van der Waals surface area (Å²) in [7, 11) is -3.88. The van der Waals surface area contributed by atoms with Gasteiger partial charge in [-0.25, -0.2) is 0 Å². The largest absolute Gasteiger partial charge is 0.172 e. The molecular formula is C36H48N2SSi2. The number of aromatic nitrogens is 2. The molecule has 0 atom stereocenters. The van der Waals surface area contributed by atoms with Crippen LogP contribution in [0.15, 0.2) is 36.4 Å². The maximum absolute atomic E-state index is 4.88. The average molecular weight is 597 g/mol. The molecule has 0 aliphatic rings. The third kappa shape index (κ3) is 5.31. The SMILES string of the molecule is CC(C)[Si](C#Cc1c2cc3ccccc3cc2c(C#C[Si](C(C)C)(C(C)C)C(C)C)c2nsnc12)(C(C)C)C(C)C. The molecule has 1 heterocycles. The number of hydrogen-bond acceptors (Lipinski definition) is 3. The van der Waals surface area contributed by atoms with E-state index in [0.29, 0.717) is 33.2 Å². The number of rotatable bonds is 6. The summed E-state index contributed by atoms with van der Waals surface area (Å²) in [5.74, 6) is 7.59. The van der Waals surface area contributed by atoms with Crippen LogP contribution in [0.2, 0.25) is 33.2 Å². The maximum atomic E-state index is 4.88. The second-order valence-electron chi connectivity index (χ2n) is 13.8. The predicted octanol–water partition coefficient (Wildman–Crippen LogP) is 11.1. The standard InChI is InChI=1S/C36H48N2SSi2/c1-23(2)40(24(3)4,25(5)6)19-17-31-33-21-29-15-13-14-16-30(29)22-34(33)32(36-35(31)37-39-38-36)18-20-41(26(7)8,27(9)10)28(11)12/h13-16,21-28H,1-12H3. The van der Waals surface area contributed by atoms with Crippen LogP contribution in [0.1, 0.15) is 94.2 Å². The Morgan fingerprint density at radius 3 is 1.15 bits per heavy atom. The zero-order chi connectivity index (χ0) is 30.3. The number of fused-ring (bicyclic) bond motifs is 3. The third-order valence-corrected chi connectivity index (χ3v) is 23.0. The molecule has 0 N–H and O–H groups in total. The van der Waals surface area contributed by atoms with Crippen molar-refractivity contribution in [2.45, 2.75) is 116 Å². The highest BCUT2D eigenvalue weighted by Gasteiger charge is 2.43. The Morgan fingerprint density at radius 2 is 0.854 bits per heavy atom. The van der Waals surface area contributed by atoms with Crippen LogP contribution in [0.4, 0.5) is 0 Å². The van der Waals surface area contributed by atoms with Gasteiger partial charge in [0.15, 0.2) is 0 Å². The van der Waals surface area contributed by atoms with Gasteiger partial charge in [-0.05, 0) is 56.2 Å². The van der Waals surface area contributed by atoms with Gasteiger partial charge in [-0.2, -0.15) is 8.75 Å². The van der Waals surface area contributed by atoms with E-state index in [9.17, 15) is 0 Å². The molecule has 0 spiro atoms. The lowest BCUT2D eigenvalue weighted by Crippen LogP contribution is -2.43. The normalized spacial score (nSPS) is 12.8. The average Bonchev–Trinajstić information content (AvgIpc) is 3.37. The van der Waals surface area contributed by atoms with Gasteiger partial charge in [0.2, 0.25) is 0 Å². The Kier molecular flexibility index (Phi) is 9.25. The van der Waals surface area contributed by atoms with Crippen molar-refractivity contribution in [3.63, 3.8) is 0 Å². The van der Waals surface area contributed by atoms with Gasteiger partial charge in [-0.3, -0.25) is 0 Å². The van der Waals surface area contributed by atoms with Crippen molar-refractivity contribution < 1.29 is 0 Å². The van der Waals surface area contributed by atoms with Crippen LogP contribution < -0.4 is 0 Å². The fraction of sp³-hybridized carbons (Fsp3) is 0.500. The Labute approximate surface area is 255 Å². The molecule has 1 aromatic heterocycles. The van der Waals surface area contributed by atoms with Crippen molar-refractivity contribution in [2.24, 2.45) is 0 Å². The summed E-state index contributed by atoms with van der Waals surface area (Å²) in [6.45, 7) is 28.5. The zero-order valence-corrected chi connectivity index (χ0v) is 30.0. The number of nitrogens with zero attached hydrogens (tertiary/aromatic N) is 2. The molecule has 0 aliphatic carbocycles. The van der Waals surface area contributed by atoms with Crippen LogP contribution in [-0.2, 0) is 0 Å². The molecule has 5 heteroatoms. The molecule has 4 aromatic rings. The third-order valence-electron chi connectivity index (χ3n) is 9.93. The summed E-state index contributed by atoms with van der Waals surface area (Å²) >= 11 is 1.29. The second kappa shape index (κ2) is 12.0. The van der Waals surface area contributed by atoms with Crippen LogP contribution in [-0.4, -0.2) is 24.9 Å².